The van der Waals surface area contributed by atoms with Gasteiger partial charge in [-0.15, -0.1) is 0 Å². The van der Waals surface area contributed by atoms with E-state index in [0.717, 1.165) is 6.61 Å². The highest BCUT2D eigenvalue weighted by Crippen LogP contribution is 2.33. The van der Waals surface area contributed by atoms with Crippen LogP contribution in [0.5, 0.6) is 0 Å². The van der Waals surface area contributed by atoms with Crippen LogP contribution in [0.2, 0.25) is 0 Å². The maximum absolute atomic E-state index is 5.79. The van der Waals surface area contributed by atoms with Crippen LogP contribution in [0.25, 0.3) is 0 Å². The van der Waals surface area contributed by atoms with Crippen LogP contribution in [0.1, 0.15) is 52.4 Å². The topological polar surface area (TPSA) is 9.23 Å². The molecule has 0 amide bonds. The van der Waals surface area contributed by atoms with Crippen LogP contribution in [0.15, 0.2) is 11.6 Å². The molecule has 2 rings (SSSR count). The molecule has 0 bridgehead atoms. The third-order valence-corrected chi connectivity index (χ3v) is 3.36. The quantitative estimate of drug-likeness (QED) is 0.578. The highest BCUT2D eigenvalue weighted by atomic mass is 16.5. The van der Waals surface area contributed by atoms with Gasteiger partial charge in [0.25, 0.3) is 0 Å². The van der Waals surface area contributed by atoms with Crippen molar-refractivity contribution >= 4 is 0 Å². The van der Waals surface area contributed by atoms with Crippen molar-refractivity contribution in [2.45, 2.75) is 58.5 Å². The fraction of sp³-hybridized carbons (Fsp3) is 0.846. The van der Waals surface area contributed by atoms with Crippen molar-refractivity contribution in [3.05, 3.63) is 11.6 Å². The van der Waals surface area contributed by atoms with Crippen LogP contribution in [0.3, 0.4) is 0 Å². The van der Waals surface area contributed by atoms with Gasteiger partial charge in [-0.1, -0.05) is 31.9 Å². The highest BCUT2D eigenvalue weighted by molar-refractivity contribution is 5.09. The van der Waals surface area contributed by atoms with E-state index in [0.29, 0.717) is 11.5 Å². The lowest BCUT2D eigenvalue weighted by molar-refractivity contribution is 0.127. The van der Waals surface area contributed by atoms with E-state index in [9.17, 15) is 0 Å². The molecule has 1 saturated carbocycles. The van der Waals surface area contributed by atoms with Crippen LogP contribution in [0, 0.1) is 5.41 Å². The monoisotopic (exact) mass is 194 g/mol. The summed E-state index contributed by atoms with van der Waals surface area (Å²) in [5.41, 5.74) is 2.05. The molecule has 14 heavy (non-hydrogen) atoms. The molecule has 80 valence electrons. The normalized spacial score (nSPS) is 31.9. The Kier molecular flexibility index (Phi) is 2.96. The molecule has 2 aliphatic rings. The Hall–Kier alpha value is -0.300. The van der Waals surface area contributed by atoms with E-state index in [1.54, 1.807) is 5.57 Å². The molecule has 0 spiro atoms. The highest BCUT2D eigenvalue weighted by Gasteiger charge is 2.30. The summed E-state index contributed by atoms with van der Waals surface area (Å²) in [4.78, 5) is 0. The molecular formula is C13H22O. The number of hydrogen-bond donors (Lipinski definition) is 0. The second kappa shape index (κ2) is 4.06. The summed E-state index contributed by atoms with van der Waals surface area (Å²) >= 11 is 0. The molecule has 1 heterocycles. The fourth-order valence-electron chi connectivity index (χ4n) is 2.54. The van der Waals surface area contributed by atoms with E-state index < -0.39 is 0 Å². The van der Waals surface area contributed by atoms with Gasteiger partial charge in [-0.05, 0) is 37.5 Å². The van der Waals surface area contributed by atoms with Gasteiger partial charge in [-0.25, -0.2) is 0 Å². The van der Waals surface area contributed by atoms with Crippen molar-refractivity contribution in [1.29, 1.82) is 0 Å². The summed E-state index contributed by atoms with van der Waals surface area (Å²) in [7, 11) is 0. The average Bonchev–Trinajstić information content (AvgIpc) is 2.47. The molecular weight excluding hydrogens is 172 g/mol. The summed E-state index contributed by atoms with van der Waals surface area (Å²) < 4.78 is 5.79. The summed E-state index contributed by atoms with van der Waals surface area (Å²) in [6.45, 7) is 5.53. The maximum atomic E-state index is 5.79. The number of rotatable bonds is 1. The standard InChI is InChI=1S/C13H22O/c1-13(2)9-12(14-10-13)8-11-6-4-3-5-7-11/h8,12H,3-7,9-10H2,1-2H3/t12-/m1/s1. The minimum absolute atomic E-state index is 0.399. The van der Waals surface area contributed by atoms with Gasteiger partial charge in [-0.3, -0.25) is 0 Å². The van der Waals surface area contributed by atoms with Gasteiger partial charge in [0.2, 0.25) is 0 Å². The first-order chi connectivity index (χ1) is 6.66. The van der Waals surface area contributed by atoms with Gasteiger partial charge in [0.15, 0.2) is 0 Å². The molecule has 0 radical (unpaired) electrons. The first-order valence-electron chi connectivity index (χ1n) is 5.97. The van der Waals surface area contributed by atoms with Gasteiger partial charge in [0.1, 0.15) is 0 Å². The molecule has 1 heteroatoms. The Bertz CT molecular complexity index is 219. The van der Waals surface area contributed by atoms with Gasteiger partial charge < -0.3 is 4.74 Å². The maximum Gasteiger partial charge on any atom is 0.0764 e. The predicted molar refractivity (Wildman–Crippen MR) is 59.3 cm³/mol. The Morgan fingerprint density at radius 2 is 1.93 bits per heavy atom. The summed E-state index contributed by atoms with van der Waals surface area (Å²) in [5.74, 6) is 0. The van der Waals surface area contributed by atoms with Crippen LogP contribution < -0.4 is 0 Å². The molecule has 1 aliphatic carbocycles. The molecule has 1 aliphatic heterocycles. The van der Waals surface area contributed by atoms with Crippen LogP contribution in [0.4, 0.5) is 0 Å². The molecule has 0 unspecified atom stereocenters. The average molecular weight is 194 g/mol. The Morgan fingerprint density at radius 1 is 1.21 bits per heavy atom. The van der Waals surface area contributed by atoms with Crippen LogP contribution >= 0.6 is 0 Å². The third-order valence-electron chi connectivity index (χ3n) is 3.36. The number of hydrogen-bond acceptors (Lipinski definition) is 1. The Balaban J connectivity index is 1.90. The first kappa shape index (κ1) is 10.2. The van der Waals surface area contributed by atoms with Crippen molar-refractivity contribution in [2.24, 2.45) is 5.41 Å². The van der Waals surface area contributed by atoms with E-state index in [2.05, 4.69) is 19.9 Å². The molecule has 1 saturated heterocycles. The van der Waals surface area contributed by atoms with E-state index in [1.807, 2.05) is 0 Å². The lowest BCUT2D eigenvalue weighted by atomic mass is 9.88. The number of allylic oxidation sites excluding steroid dienone is 1. The Labute approximate surface area is 87.5 Å². The lowest BCUT2D eigenvalue weighted by Crippen LogP contribution is -2.10. The second-order valence-corrected chi connectivity index (χ2v) is 5.60. The van der Waals surface area contributed by atoms with Crippen molar-refractivity contribution < 1.29 is 4.74 Å². The summed E-state index contributed by atoms with van der Waals surface area (Å²) in [6, 6.07) is 0. The van der Waals surface area contributed by atoms with Crippen molar-refractivity contribution in [2.75, 3.05) is 6.61 Å². The van der Waals surface area contributed by atoms with Gasteiger partial charge in [0, 0.05) is 0 Å². The predicted octanol–water partition coefficient (Wildman–Crippen LogP) is 3.69. The third kappa shape index (κ3) is 2.60. The van der Waals surface area contributed by atoms with Crippen LogP contribution in [-0.4, -0.2) is 12.7 Å². The molecule has 2 fully saturated rings. The fourth-order valence-corrected chi connectivity index (χ4v) is 2.54. The van der Waals surface area contributed by atoms with Crippen LogP contribution in [-0.2, 0) is 4.74 Å². The second-order valence-electron chi connectivity index (χ2n) is 5.60. The number of ether oxygens (including phenoxy) is 1. The van der Waals surface area contributed by atoms with E-state index >= 15 is 0 Å². The van der Waals surface area contributed by atoms with Crippen molar-refractivity contribution in [3.63, 3.8) is 0 Å². The van der Waals surface area contributed by atoms with Crippen molar-refractivity contribution in [3.8, 4) is 0 Å². The molecule has 0 aromatic rings. The van der Waals surface area contributed by atoms with E-state index in [4.69, 9.17) is 4.74 Å². The van der Waals surface area contributed by atoms with Gasteiger partial charge in [0.05, 0.1) is 12.7 Å². The minimum Gasteiger partial charge on any atom is -0.374 e. The molecule has 1 nitrogen and oxygen atoms in total. The molecule has 0 aromatic carbocycles. The van der Waals surface area contributed by atoms with E-state index in [1.165, 1.54) is 38.5 Å². The zero-order valence-corrected chi connectivity index (χ0v) is 9.51. The van der Waals surface area contributed by atoms with Gasteiger partial charge in [-0.2, -0.15) is 0 Å². The minimum atomic E-state index is 0.399. The largest absolute Gasteiger partial charge is 0.374 e. The summed E-state index contributed by atoms with van der Waals surface area (Å²) in [6.07, 6.45) is 10.9. The first-order valence-corrected chi connectivity index (χ1v) is 5.97. The SMILES string of the molecule is CC1(C)CO[C@H](C=C2CCCCC2)C1. The Morgan fingerprint density at radius 3 is 2.50 bits per heavy atom. The molecule has 1 atom stereocenters. The zero-order valence-electron chi connectivity index (χ0n) is 9.51. The molecule has 0 aromatic heterocycles. The van der Waals surface area contributed by atoms with Gasteiger partial charge >= 0.3 is 0 Å². The molecule has 0 N–H and O–H groups in total. The lowest BCUT2D eigenvalue weighted by Gasteiger charge is -2.16. The van der Waals surface area contributed by atoms with E-state index in [-0.39, 0.29) is 0 Å². The smallest absolute Gasteiger partial charge is 0.0764 e. The zero-order chi connectivity index (χ0) is 10.0. The van der Waals surface area contributed by atoms with Crippen molar-refractivity contribution in [1.82, 2.24) is 0 Å². The summed E-state index contributed by atoms with van der Waals surface area (Å²) in [5, 5.41) is 0.